The largest absolute Gasteiger partial charge is 0.478 e. The highest BCUT2D eigenvalue weighted by Crippen LogP contribution is 2.39. The number of benzene rings is 1. The highest BCUT2D eigenvalue weighted by Gasteiger charge is 2.36. The van der Waals surface area contributed by atoms with Gasteiger partial charge in [0.15, 0.2) is 0 Å². The van der Waals surface area contributed by atoms with E-state index in [2.05, 4.69) is 4.90 Å². The SMILES string of the molecule is O=C(O)c1ccccc1C1CCN2CCCCCC12. The van der Waals surface area contributed by atoms with Gasteiger partial charge in [-0.15, -0.1) is 0 Å². The summed E-state index contributed by atoms with van der Waals surface area (Å²) in [5.41, 5.74) is 1.54. The van der Waals surface area contributed by atoms with Crippen molar-refractivity contribution in [3.8, 4) is 0 Å². The van der Waals surface area contributed by atoms with Gasteiger partial charge in [0.2, 0.25) is 0 Å². The maximum absolute atomic E-state index is 11.4. The lowest BCUT2D eigenvalue weighted by Crippen LogP contribution is -2.31. The average molecular weight is 259 g/mol. The molecule has 3 nitrogen and oxygen atoms in total. The molecule has 0 saturated carbocycles. The second-order valence-corrected chi connectivity index (χ2v) is 5.74. The van der Waals surface area contributed by atoms with Crippen LogP contribution in [0.3, 0.4) is 0 Å². The molecule has 19 heavy (non-hydrogen) atoms. The normalized spacial score (nSPS) is 27.8. The van der Waals surface area contributed by atoms with E-state index in [0.717, 1.165) is 18.5 Å². The van der Waals surface area contributed by atoms with E-state index in [1.165, 1.54) is 32.2 Å². The molecule has 0 spiro atoms. The zero-order chi connectivity index (χ0) is 13.2. The highest BCUT2D eigenvalue weighted by atomic mass is 16.4. The Labute approximate surface area is 114 Å². The number of carboxylic acid groups (broad SMARTS) is 1. The Bertz CT molecular complexity index is 472. The van der Waals surface area contributed by atoms with Crippen LogP contribution < -0.4 is 0 Å². The minimum atomic E-state index is -0.789. The van der Waals surface area contributed by atoms with Gasteiger partial charge in [0.25, 0.3) is 0 Å². The molecule has 2 atom stereocenters. The summed E-state index contributed by atoms with van der Waals surface area (Å²) in [5.74, 6) is -0.381. The molecule has 0 radical (unpaired) electrons. The standard InChI is InChI=1S/C16H21NO2/c18-16(19)14-7-4-3-6-12(14)13-9-11-17-10-5-1-2-8-15(13)17/h3-4,6-7,13,15H,1-2,5,8-11H2,(H,18,19). The summed E-state index contributed by atoms with van der Waals surface area (Å²) in [6.07, 6.45) is 6.23. The van der Waals surface area contributed by atoms with Crippen molar-refractivity contribution in [1.82, 2.24) is 4.90 Å². The highest BCUT2D eigenvalue weighted by molar-refractivity contribution is 5.89. The molecular formula is C16H21NO2. The molecule has 3 rings (SSSR count). The minimum absolute atomic E-state index is 0.408. The van der Waals surface area contributed by atoms with E-state index in [9.17, 15) is 9.90 Å². The fourth-order valence-electron chi connectivity index (χ4n) is 3.80. The van der Waals surface area contributed by atoms with Gasteiger partial charge in [-0.2, -0.15) is 0 Å². The number of carbonyl (C=O) groups is 1. The van der Waals surface area contributed by atoms with Crippen molar-refractivity contribution < 1.29 is 9.90 Å². The fraction of sp³-hybridized carbons (Fsp3) is 0.562. The van der Waals surface area contributed by atoms with Gasteiger partial charge in [-0.05, 0) is 44.0 Å². The van der Waals surface area contributed by atoms with Crippen molar-refractivity contribution in [1.29, 1.82) is 0 Å². The van der Waals surface area contributed by atoms with Crippen LogP contribution in [0.1, 0.15) is 53.9 Å². The number of rotatable bonds is 2. The summed E-state index contributed by atoms with van der Waals surface area (Å²) in [6.45, 7) is 2.32. The molecule has 2 saturated heterocycles. The monoisotopic (exact) mass is 259 g/mol. The predicted octanol–water partition coefficient (Wildman–Crippen LogP) is 3.12. The number of carboxylic acids is 1. The van der Waals surface area contributed by atoms with E-state index in [1.54, 1.807) is 6.07 Å². The van der Waals surface area contributed by atoms with Gasteiger partial charge in [-0.3, -0.25) is 4.90 Å². The Balaban J connectivity index is 1.91. The van der Waals surface area contributed by atoms with Crippen LogP contribution in [0.2, 0.25) is 0 Å². The van der Waals surface area contributed by atoms with Crippen molar-refractivity contribution in [2.75, 3.05) is 13.1 Å². The number of aromatic carboxylic acids is 1. The summed E-state index contributed by atoms with van der Waals surface area (Å²) >= 11 is 0. The first-order chi connectivity index (χ1) is 9.27. The maximum atomic E-state index is 11.4. The van der Waals surface area contributed by atoms with Crippen molar-refractivity contribution in [3.05, 3.63) is 35.4 Å². The van der Waals surface area contributed by atoms with Gasteiger partial charge < -0.3 is 5.11 Å². The van der Waals surface area contributed by atoms with Crippen molar-refractivity contribution in [2.24, 2.45) is 0 Å². The molecule has 0 aliphatic carbocycles. The van der Waals surface area contributed by atoms with Gasteiger partial charge in [0.1, 0.15) is 0 Å². The number of nitrogens with zero attached hydrogens (tertiary/aromatic N) is 1. The van der Waals surface area contributed by atoms with Crippen LogP contribution in [0, 0.1) is 0 Å². The predicted molar refractivity (Wildman–Crippen MR) is 74.6 cm³/mol. The third-order valence-electron chi connectivity index (χ3n) is 4.70. The van der Waals surface area contributed by atoms with Crippen molar-refractivity contribution >= 4 is 5.97 Å². The zero-order valence-corrected chi connectivity index (χ0v) is 11.2. The number of hydrogen-bond donors (Lipinski definition) is 1. The summed E-state index contributed by atoms with van der Waals surface area (Å²) in [6, 6.07) is 8.12. The summed E-state index contributed by atoms with van der Waals surface area (Å²) in [4.78, 5) is 14.0. The van der Waals surface area contributed by atoms with Gasteiger partial charge in [0, 0.05) is 12.0 Å². The Hall–Kier alpha value is -1.35. The first kappa shape index (κ1) is 12.7. The molecule has 102 valence electrons. The van der Waals surface area contributed by atoms with E-state index >= 15 is 0 Å². The van der Waals surface area contributed by atoms with Crippen LogP contribution in [0.25, 0.3) is 0 Å². The summed E-state index contributed by atoms with van der Waals surface area (Å²) in [5, 5.41) is 9.36. The molecular weight excluding hydrogens is 238 g/mol. The average Bonchev–Trinajstić information content (AvgIpc) is 2.67. The third-order valence-corrected chi connectivity index (χ3v) is 4.70. The Morgan fingerprint density at radius 2 is 1.95 bits per heavy atom. The number of hydrogen-bond acceptors (Lipinski definition) is 2. The summed E-state index contributed by atoms with van der Waals surface area (Å²) in [7, 11) is 0. The van der Waals surface area contributed by atoms with Crippen LogP contribution in [-0.2, 0) is 0 Å². The minimum Gasteiger partial charge on any atom is -0.478 e. The lowest BCUT2D eigenvalue weighted by atomic mass is 9.86. The molecule has 1 N–H and O–H groups in total. The van der Waals surface area contributed by atoms with Crippen LogP contribution in [0.5, 0.6) is 0 Å². The molecule has 2 fully saturated rings. The Morgan fingerprint density at radius 3 is 2.79 bits per heavy atom. The van der Waals surface area contributed by atoms with Crippen molar-refractivity contribution in [3.63, 3.8) is 0 Å². The molecule has 2 aliphatic rings. The molecule has 0 bridgehead atoms. The molecule has 2 aliphatic heterocycles. The maximum Gasteiger partial charge on any atom is 0.335 e. The molecule has 3 heteroatoms. The molecule has 0 aromatic heterocycles. The second-order valence-electron chi connectivity index (χ2n) is 5.74. The van der Waals surface area contributed by atoms with Gasteiger partial charge in [-0.1, -0.05) is 31.0 Å². The lowest BCUT2D eigenvalue weighted by molar-refractivity contribution is 0.0694. The molecule has 1 aromatic rings. The van der Waals surface area contributed by atoms with Gasteiger partial charge in [0.05, 0.1) is 5.56 Å². The molecule has 2 heterocycles. The molecule has 0 amide bonds. The fourth-order valence-corrected chi connectivity index (χ4v) is 3.80. The van der Waals surface area contributed by atoms with Crippen LogP contribution in [0.4, 0.5) is 0 Å². The van der Waals surface area contributed by atoms with E-state index in [-0.39, 0.29) is 0 Å². The number of fused-ring (bicyclic) bond motifs is 1. The Kier molecular flexibility index (Phi) is 3.56. The van der Waals surface area contributed by atoms with E-state index < -0.39 is 5.97 Å². The first-order valence-electron chi connectivity index (χ1n) is 7.33. The first-order valence-corrected chi connectivity index (χ1v) is 7.33. The van der Waals surface area contributed by atoms with Crippen molar-refractivity contribution in [2.45, 2.75) is 44.1 Å². The topological polar surface area (TPSA) is 40.5 Å². The quantitative estimate of drug-likeness (QED) is 0.887. The zero-order valence-electron chi connectivity index (χ0n) is 11.2. The van der Waals surface area contributed by atoms with Crippen LogP contribution in [-0.4, -0.2) is 35.1 Å². The van der Waals surface area contributed by atoms with Gasteiger partial charge >= 0.3 is 5.97 Å². The third kappa shape index (κ3) is 2.39. The summed E-state index contributed by atoms with van der Waals surface area (Å²) < 4.78 is 0. The van der Waals surface area contributed by atoms with Crippen LogP contribution >= 0.6 is 0 Å². The second kappa shape index (κ2) is 5.33. The van der Waals surface area contributed by atoms with E-state index in [1.807, 2.05) is 18.2 Å². The molecule has 1 aromatic carbocycles. The van der Waals surface area contributed by atoms with Gasteiger partial charge in [-0.25, -0.2) is 4.79 Å². The Morgan fingerprint density at radius 1 is 1.11 bits per heavy atom. The van der Waals surface area contributed by atoms with E-state index in [4.69, 9.17) is 0 Å². The smallest absolute Gasteiger partial charge is 0.335 e. The lowest BCUT2D eigenvalue weighted by Gasteiger charge is -2.26. The van der Waals surface area contributed by atoms with Crippen LogP contribution in [0.15, 0.2) is 24.3 Å². The van der Waals surface area contributed by atoms with E-state index in [0.29, 0.717) is 17.5 Å². The molecule has 2 unspecified atom stereocenters.